The number of fused-ring (bicyclic) bond motifs is 2. The Morgan fingerprint density at radius 3 is 2.56 bits per heavy atom. The number of rotatable bonds is 7. The van der Waals surface area contributed by atoms with Gasteiger partial charge in [-0.25, -0.2) is 4.98 Å². The molecule has 0 radical (unpaired) electrons. The van der Waals surface area contributed by atoms with E-state index in [0.29, 0.717) is 30.0 Å². The number of benzene rings is 1. The van der Waals surface area contributed by atoms with E-state index in [2.05, 4.69) is 54.2 Å². The fraction of sp³-hybridized carbons (Fsp3) is 0.515. The number of pyridine rings is 1. The van der Waals surface area contributed by atoms with E-state index in [1.165, 1.54) is 34.4 Å². The SMILES string of the molecule is COc1cc(C(=O)N2CC(C)C(N)P2C)cc2sc(-c3cc4ccc(N5CCC(OC)CC5)nc4n3CC3CC3)c(C)c12. The summed E-state index contributed by atoms with van der Waals surface area (Å²) in [6, 6.07) is 10.7. The molecule has 0 bridgehead atoms. The largest absolute Gasteiger partial charge is 0.496 e. The lowest BCUT2D eigenvalue weighted by Crippen LogP contribution is -2.37. The second-order valence-electron chi connectivity index (χ2n) is 12.6. The molecular weight excluding hydrogens is 577 g/mol. The van der Waals surface area contributed by atoms with E-state index in [4.69, 9.17) is 20.2 Å². The zero-order valence-corrected chi connectivity index (χ0v) is 27.5. The Kier molecular flexibility index (Phi) is 7.65. The van der Waals surface area contributed by atoms with E-state index in [0.717, 1.165) is 59.8 Å². The monoisotopic (exact) mass is 619 g/mol. The van der Waals surface area contributed by atoms with Crippen LogP contribution in [0.2, 0.25) is 0 Å². The van der Waals surface area contributed by atoms with Crippen molar-refractivity contribution in [1.82, 2.24) is 14.2 Å². The number of amides is 1. The van der Waals surface area contributed by atoms with Gasteiger partial charge in [0.05, 0.1) is 23.8 Å². The van der Waals surface area contributed by atoms with E-state index < -0.39 is 8.07 Å². The molecule has 228 valence electrons. The number of methoxy groups -OCH3 is 2. The number of anilines is 1. The third-order valence-corrected chi connectivity index (χ3v) is 13.5. The molecule has 1 aliphatic carbocycles. The van der Waals surface area contributed by atoms with Gasteiger partial charge in [-0.15, -0.1) is 11.3 Å². The molecule has 1 amide bonds. The molecule has 1 saturated carbocycles. The Labute approximate surface area is 258 Å². The van der Waals surface area contributed by atoms with Gasteiger partial charge in [0.15, 0.2) is 0 Å². The highest BCUT2D eigenvalue weighted by molar-refractivity contribution is 7.56. The third kappa shape index (κ3) is 5.12. The fourth-order valence-electron chi connectivity index (χ4n) is 6.83. The van der Waals surface area contributed by atoms with Crippen LogP contribution in [0, 0.1) is 18.8 Å². The van der Waals surface area contributed by atoms with E-state index in [1.807, 2.05) is 17.8 Å². The van der Waals surface area contributed by atoms with Crippen LogP contribution in [-0.4, -0.2) is 72.5 Å². The molecule has 4 aromatic rings. The van der Waals surface area contributed by atoms with Gasteiger partial charge in [-0.3, -0.25) is 4.79 Å². The summed E-state index contributed by atoms with van der Waals surface area (Å²) in [4.78, 5) is 22.6. The van der Waals surface area contributed by atoms with E-state index in [-0.39, 0.29) is 11.7 Å². The van der Waals surface area contributed by atoms with Crippen LogP contribution in [0.15, 0.2) is 30.3 Å². The number of aryl methyl sites for hydroxylation is 1. The predicted molar refractivity (Wildman–Crippen MR) is 178 cm³/mol. The summed E-state index contributed by atoms with van der Waals surface area (Å²) in [5.41, 5.74) is 10.5. The average molecular weight is 620 g/mol. The first-order valence-corrected chi connectivity index (χ1v) is 18.1. The molecule has 3 atom stereocenters. The summed E-state index contributed by atoms with van der Waals surface area (Å²) in [5, 5.41) is 2.25. The Morgan fingerprint density at radius 2 is 1.91 bits per heavy atom. The van der Waals surface area contributed by atoms with Crippen LogP contribution in [0.4, 0.5) is 5.82 Å². The number of nitrogens with zero attached hydrogens (tertiary/aromatic N) is 4. The molecule has 5 heterocycles. The van der Waals surface area contributed by atoms with Gasteiger partial charge < -0.3 is 29.3 Å². The number of piperidine rings is 1. The molecule has 8 nitrogen and oxygen atoms in total. The number of aromatic nitrogens is 2. The van der Waals surface area contributed by atoms with Gasteiger partial charge in [0.2, 0.25) is 0 Å². The average Bonchev–Trinajstić information content (AvgIpc) is 3.63. The van der Waals surface area contributed by atoms with Crippen molar-refractivity contribution in [3.8, 4) is 16.3 Å². The number of ether oxygens (including phenoxy) is 2. The van der Waals surface area contributed by atoms with Crippen molar-refractivity contribution >= 4 is 52.3 Å². The summed E-state index contributed by atoms with van der Waals surface area (Å²) in [5.74, 6) is 2.91. The Balaban J connectivity index is 1.30. The maximum atomic E-state index is 13.7. The summed E-state index contributed by atoms with van der Waals surface area (Å²) < 4.78 is 17.0. The maximum absolute atomic E-state index is 13.7. The number of nitrogens with two attached hydrogens (primary N) is 1. The first-order valence-electron chi connectivity index (χ1n) is 15.5. The van der Waals surface area contributed by atoms with E-state index in [1.54, 1.807) is 18.4 Å². The molecule has 2 N–H and O–H groups in total. The van der Waals surface area contributed by atoms with Crippen LogP contribution < -0.4 is 15.4 Å². The normalized spacial score (nSPS) is 23.2. The predicted octanol–water partition coefficient (Wildman–Crippen LogP) is 6.66. The quantitative estimate of drug-likeness (QED) is 0.233. The van der Waals surface area contributed by atoms with Crippen molar-refractivity contribution in [2.24, 2.45) is 17.6 Å². The summed E-state index contributed by atoms with van der Waals surface area (Å²) in [6.45, 7) is 10.0. The smallest absolute Gasteiger partial charge is 0.257 e. The second-order valence-corrected chi connectivity index (χ2v) is 15.9. The Bertz CT molecular complexity index is 1690. The van der Waals surface area contributed by atoms with Crippen LogP contribution in [-0.2, 0) is 11.3 Å². The lowest BCUT2D eigenvalue weighted by molar-refractivity contribution is 0.0818. The van der Waals surface area contributed by atoms with E-state index in [9.17, 15) is 4.79 Å². The standard InChI is InChI=1S/C33H42N5O3PS/c1-19-17-38(42(5)31(19)34)33(39)23-15-26(41-4)29-20(2)30(43-27(29)16-23)25-14-22-8-9-28(36-12-10-24(40-3)11-13-36)35-32(22)37(25)18-21-6-7-21/h8-9,14-16,19,21,24,31H,6-7,10-13,17-18,34H2,1-5H3. The lowest BCUT2D eigenvalue weighted by Gasteiger charge is -2.32. The third-order valence-electron chi connectivity index (χ3n) is 9.75. The molecule has 0 spiro atoms. The fourth-order valence-corrected chi connectivity index (χ4v) is 10.2. The number of carbonyl (C=O) groups is 1. The first-order chi connectivity index (χ1) is 20.8. The number of hydrogen-bond donors (Lipinski definition) is 1. The van der Waals surface area contributed by atoms with Gasteiger partial charge >= 0.3 is 0 Å². The molecule has 2 aliphatic heterocycles. The number of hydrogen-bond acceptors (Lipinski definition) is 7. The zero-order valence-electron chi connectivity index (χ0n) is 25.8. The van der Waals surface area contributed by atoms with Gasteiger partial charge in [-0.2, -0.15) is 0 Å². The lowest BCUT2D eigenvalue weighted by atomic mass is 10.1. The molecule has 1 aromatic carbocycles. The first kappa shape index (κ1) is 29.0. The van der Waals surface area contributed by atoms with Crippen molar-refractivity contribution in [3.05, 3.63) is 41.5 Å². The Hall–Kier alpha value is -2.71. The highest BCUT2D eigenvalue weighted by Gasteiger charge is 2.37. The molecule has 43 heavy (non-hydrogen) atoms. The van der Waals surface area contributed by atoms with Gasteiger partial charge in [0.25, 0.3) is 5.91 Å². The van der Waals surface area contributed by atoms with Crippen LogP contribution >= 0.6 is 19.4 Å². The minimum Gasteiger partial charge on any atom is -0.496 e. The highest BCUT2D eigenvalue weighted by Crippen LogP contribution is 2.50. The van der Waals surface area contributed by atoms with Crippen molar-refractivity contribution < 1.29 is 14.3 Å². The minimum atomic E-state index is -0.712. The molecule has 2 saturated heterocycles. The molecule has 3 fully saturated rings. The topological polar surface area (TPSA) is 85.8 Å². The Morgan fingerprint density at radius 1 is 1.14 bits per heavy atom. The second kappa shape index (κ2) is 11.3. The van der Waals surface area contributed by atoms with Crippen LogP contribution in [0.5, 0.6) is 5.75 Å². The molecule has 3 aliphatic rings. The summed E-state index contributed by atoms with van der Waals surface area (Å²) in [6.07, 6.45) is 4.94. The molecule has 7 rings (SSSR count). The van der Waals surface area contributed by atoms with Gasteiger partial charge in [-0.1, -0.05) is 6.92 Å². The van der Waals surface area contributed by atoms with E-state index >= 15 is 0 Å². The summed E-state index contributed by atoms with van der Waals surface area (Å²) >= 11 is 1.75. The van der Waals surface area contributed by atoms with Gasteiger partial charge in [0, 0.05) is 68.2 Å². The molecule has 3 unspecified atom stereocenters. The van der Waals surface area contributed by atoms with Crippen LogP contribution in [0.1, 0.15) is 48.5 Å². The van der Waals surface area contributed by atoms with Crippen LogP contribution in [0.3, 0.4) is 0 Å². The van der Waals surface area contributed by atoms with Crippen LogP contribution in [0.25, 0.3) is 31.7 Å². The number of thiophene rings is 1. The zero-order chi connectivity index (χ0) is 30.0. The number of carbonyl (C=O) groups excluding carboxylic acids is 1. The van der Waals surface area contributed by atoms with Crippen molar-refractivity contribution in [2.45, 2.75) is 58.0 Å². The molecule has 10 heteroatoms. The maximum Gasteiger partial charge on any atom is 0.257 e. The van der Waals surface area contributed by atoms with Crippen molar-refractivity contribution in [3.63, 3.8) is 0 Å². The summed E-state index contributed by atoms with van der Waals surface area (Å²) in [7, 11) is 2.80. The van der Waals surface area contributed by atoms with Gasteiger partial charge in [-0.05, 0) is 87.0 Å². The van der Waals surface area contributed by atoms with Gasteiger partial charge in [0.1, 0.15) is 17.2 Å². The highest BCUT2D eigenvalue weighted by atomic mass is 32.1. The van der Waals surface area contributed by atoms with Crippen molar-refractivity contribution in [2.75, 3.05) is 45.4 Å². The molecule has 3 aromatic heterocycles. The molecular formula is C33H42N5O3PS. The van der Waals surface area contributed by atoms with Crippen molar-refractivity contribution in [1.29, 1.82) is 0 Å². The minimum absolute atomic E-state index is 0.0512.